The minimum atomic E-state index is -0.210. The fourth-order valence-electron chi connectivity index (χ4n) is 1.89. The van der Waals surface area contributed by atoms with E-state index in [2.05, 4.69) is 22.2 Å². The Morgan fingerprint density at radius 1 is 1.32 bits per heavy atom. The van der Waals surface area contributed by atoms with Crippen molar-refractivity contribution in [2.45, 2.75) is 19.9 Å². The van der Waals surface area contributed by atoms with Crippen LogP contribution in [0.1, 0.15) is 17.6 Å². The Balaban J connectivity index is 2.07. The number of thiazole rings is 1. The fourth-order valence-corrected chi connectivity index (χ4v) is 2.70. The molecule has 0 fully saturated rings. The highest BCUT2D eigenvalue weighted by molar-refractivity contribution is 7.09. The van der Waals surface area contributed by atoms with Crippen molar-refractivity contribution < 1.29 is 4.39 Å². The molecule has 3 nitrogen and oxygen atoms in total. The molecule has 0 aliphatic heterocycles. The van der Waals surface area contributed by atoms with Crippen LogP contribution in [0.15, 0.2) is 29.6 Å². The van der Waals surface area contributed by atoms with Crippen LogP contribution in [0.2, 0.25) is 0 Å². The Hall–Kier alpha value is -1.46. The van der Waals surface area contributed by atoms with Crippen molar-refractivity contribution in [3.05, 3.63) is 46.2 Å². The zero-order valence-corrected chi connectivity index (χ0v) is 11.8. The average Bonchev–Trinajstić information content (AvgIpc) is 2.85. The lowest BCUT2D eigenvalue weighted by Crippen LogP contribution is -2.22. The monoisotopic (exact) mass is 279 g/mol. The fraction of sp³-hybridized carbons (Fsp3) is 0.357. The van der Waals surface area contributed by atoms with E-state index in [-0.39, 0.29) is 5.82 Å². The first-order valence-corrected chi connectivity index (χ1v) is 7.24. The average molecular weight is 279 g/mol. The highest BCUT2D eigenvalue weighted by Gasteiger charge is 2.08. The lowest BCUT2D eigenvalue weighted by Gasteiger charge is -2.22. The van der Waals surface area contributed by atoms with E-state index < -0.39 is 0 Å². The van der Waals surface area contributed by atoms with Gasteiger partial charge in [-0.15, -0.1) is 11.3 Å². The third-order valence-corrected chi connectivity index (χ3v) is 3.84. The summed E-state index contributed by atoms with van der Waals surface area (Å²) in [6.07, 6.45) is 0.827. The summed E-state index contributed by atoms with van der Waals surface area (Å²) in [5.74, 6) is -0.210. The molecule has 2 aromatic rings. The number of benzene rings is 1. The second-order valence-corrected chi connectivity index (χ2v) is 5.20. The molecule has 1 heterocycles. The molecular formula is C14H18FN3S. The highest BCUT2D eigenvalue weighted by Crippen LogP contribution is 2.19. The number of rotatable bonds is 6. The molecule has 0 bridgehead atoms. The summed E-state index contributed by atoms with van der Waals surface area (Å²) in [5.41, 5.74) is 7.58. The van der Waals surface area contributed by atoms with Crippen molar-refractivity contribution in [1.29, 1.82) is 0 Å². The van der Waals surface area contributed by atoms with Gasteiger partial charge in [0.25, 0.3) is 0 Å². The van der Waals surface area contributed by atoms with Crippen LogP contribution in [0.5, 0.6) is 0 Å². The number of halogens is 1. The zero-order valence-electron chi connectivity index (χ0n) is 11.0. The summed E-state index contributed by atoms with van der Waals surface area (Å²) in [4.78, 5) is 6.72. The van der Waals surface area contributed by atoms with Crippen LogP contribution >= 0.6 is 11.3 Å². The van der Waals surface area contributed by atoms with E-state index in [0.29, 0.717) is 6.54 Å². The topological polar surface area (TPSA) is 42.1 Å². The highest BCUT2D eigenvalue weighted by atomic mass is 32.1. The van der Waals surface area contributed by atoms with Gasteiger partial charge in [-0.1, -0.05) is 0 Å². The first kappa shape index (κ1) is 14.0. The van der Waals surface area contributed by atoms with Crippen molar-refractivity contribution in [2.24, 2.45) is 5.73 Å². The molecule has 0 aliphatic rings. The summed E-state index contributed by atoms with van der Waals surface area (Å²) >= 11 is 1.65. The number of nitrogens with two attached hydrogens (primary N) is 1. The van der Waals surface area contributed by atoms with Crippen LogP contribution in [-0.4, -0.2) is 18.1 Å². The largest absolute Gasteiger partial charge is 0.366 e. The van der Waals surface area contributed by atoms with Crippen molar-refractivity contribution in [1.82, 2.24) is 4.98 Å². The van der Waals surface area contributed by atoms with E-state index in [1.54, 1.807) is 23.5 Å². The van der Waals surface area contributed by atoms with Crippen molar-refractivity contribution in [3.8, 4) is 0 Å². The molecule has 0 unspecified atom stereocenters. The summed E-state index contributed by atoms with van der Waals surface area (Å²) < 4.78 is 12.9. The van der Waals surface area contributed by atoms with Crippen molar-refractivity contribution in [2.75, 3.05) is 18.0 Å². The Bertz CT molecular complexity index is 510. The molecule has 2 rings (SSSR count). The van der Waals surface area contributed by atoms with E-state index in [4.69, 9.17) is 5.73 Å². The van der Waals surface area contributed by atoms with Crippen molar-refractivity contribution >= 4 is 17.0 Å². The first-order valence-electron chi connectivity index (χ1n) is 6.36. The molecule has 1 aromatic heterocycles. The Morgan fingerprint density at radius 3 is 2.68 bits per heavy atom. The second kappa shape index (κ2) is 6.63. The lowest BCUT2D eigenvalue weighted by atomic mass is 10.2. The minimum Gasteiger partial charge on any atom is -0.366 e. The van der Waals surface area contributed by atoms with Gasteiger partial charge >= 0.3 is 0 Å². The van der Waals surface area contributed by atoms with Gasteiger partial charge in [0.05, 0.1) is 17.2 Å². The van der Waals surface area contributed by atoms with E-state index in [9.17, 15) is 4.39 Å². The summed E-state index contributed by atoms with van der Waals surface area (Å²) in [6.45, 7) is 4.30. The number of anilines is 1. The zero-order chi connectivity index (χ0) is 13.7. The molecule has 0 saturated carbocycles. The molecule has 0 saturated heterocycles. The summed E-state index contributed by atoms with van der Waals surface area (Å²) in [6, 6.07) is 6.57. The van der Waals surface area contributed by atoms with Crippen LogP contribution in [0.3, 0.4) is 0 Å². The van der Waals surface area contributed by atoms with Crippen LogP contribution in [0.25, 0.3) is 0 Å². The van der Waals surface area contributed by atoms with Gasteiger partial charge in [0.2, 0.25) is 0 Å². The van der Waals surface area contributed by atoms with Crippen LogP contribution in [0.4, 0.5) is 10.1 Å². The van der Waals surface area contributed by atoms with Gasteiger partial charge < -0.3 is 10.6 Å². The molecular weight excluding hydrogens is 261 g/mol. The summed E-state index contributed by atoms with van der Waals surface area (Å²) in [7, 11) is 0. The van der Waals surface area contributed by atoms with Crippen LogP contribution < -0.4 is 10.6 Å². The summed E-state index contributed by atoms with van der Waals surface area (Å²) in [5, 5.41) is 3.14. The maximum Gasteiger partial charge on any atom is 0.123 e. The molecule has 1 aromatic carbocycles. The SMILES string of the molecule is CCN(Cc1csc(CCN)n1)c1ccc(F)cc1. The molecule has 0 atom stereocenters. The maximum absolute atomic E-state index is 12.9. The number of hydrogen-bond acceptors (Lipinski definition) is 4. The third kappa shape index (κ3) is 3.75. The van der Waals surface area contributed by atoms with Crippen molar-refractivity contribution in [3.63, 3.8) is 0 Å². The van der Waals surface area contributed by atoms with Crippen LogP contribution in [0, 0.1) is 5.82 Å². The van der Waals surface area contributed by atoms with E-state index in [1.165, 1.54) is 12.1 Å². The Labute approximate surface area is 116 Å². The number of aromatic nitrogens is 1. The van der Waals surface area contributed by atoms with E-state index >= 15 is 0 Å². The molecule has 0 amide bonds. The van der Waals surface area contributed by atoms with Gasteiger partial charge in [-0.2, -0.15) is 0 Å². The number of hydrogen-bond donors (Lipinski definition) is 1. The van der Waals surface area contributed by atoms with Gasteiger partial charge in [0.15, 0.2) is 0 Å². The van der Waals surface area contributed by atoms with E-state index in [0.717, 1.165) is 35.9 Å². The van der Waals surface area contributed by atoms with Gasteiger partial charge in [-0.25, -0.2) is 9.37 Å². The van der Waals surface area contributed by atoms with Gasteiger partial charge in [0, 0.05) is 24.0 Å². The van der Waals surface area contributed by atoms with Gasteiger partial charge in [-0.3, -0.25) is 0 Å². The standard InChI is InChI=1S/C14H18FN3S/c1-2-18(13-5-3-11(15)4-6-13)9-12-10-19-14(17-12)7-8-16/h3-6,10H,2,7-9,16H2,1H3. The lowest BCUT2D eigenvalue weighted by molar-refractivity contribution is 0.627. The third-order valence-electron chi connectivity index (χ3n) is 2.88. The van der Waals surface area contributed by atoms with Crippen LogP contribution in [-0.2, 0) is 13.0 Å². The smallest absolute Gasteiger partial charge is 0.123 e. The maximum atomic E-state index is 12.9. The Morgan fingerprint density at radius 2 is 2.05 bits per heavy atom. The molecule has 0 spiro atoms. The first-order chi connectivity index (χ1) is 9.22. The molecule has 0 aliphatic carbocycles. The second-order valence-electron chi connectivity index (χ2n) is 4.26. The molecule has 5 heteroatoms. The minimum absolute atomic E-state index is 0.210. The van der Waals surface area contributed by atoms with Gasteiger partial charge in [-0.05, 0) is 37.7 Å². The van der Waals surface area contributed by atoms with Gasteiger partial charge in [0.1, 0.15) is 5.82 Å². The Kier molecular flexibility index (Phi) is 4.87. The molecule has 19 heavy (non-hydrogen) atoms. The number of nitrogens with zero attached hydrogens (tertiary/aromatic N) is 2. The molecule has 102 valence electrons. The predicted molar refractivity (Wildman–Crippen MR) is 78.0 cm³/mol. The predicted octanol–water partition coefficient (Wildman–Crippen LogP) is 2.81. The molecule has 2 N–H and O–H groups in total. The normalized spacial score (nSPS) is 10.7. The van der Waals surface area contributed by atoms with E-state index in [1.807, 2.05) is 0 Å². The quantitative estimate of drug-likeness (QED) is 0.884. The molecule has 0 radical (unpaired) electrons.